The predicted molar refractivity (Wildman–Crippen MR) is 68.5 cm³/mol. The van der Waals surface area contributed by atoms with Crippen molar-refractivity contribution in [3.63, 3.8) is 0 Å². The normalized spacial score (nSPS) is 14.9. The molecule has 1 aromatic carbocycles. The van der Waals surface area contributed by atoms with Crippen molar-refractivity contribution in [2.45, 2.75) is 46.2 Å². The molecule has 0 nitrogen and oxygen atoms in total. The fraction of sp³-hybridized carbons (Fsp3) is 0.467. The summed E-state index contributed by atoms with van der Waals surface area (Å²) in [5.74, 6) is 0.323. The van der Waals surface area contributed by atoms with Gasteiger partial charge in [-0.3, -0.25) is 0 Å². The molecule has 0 aliphatic carbocycles. The van der Waals surface area contributed by atoms with Gasteiger partial charge in [-0.25, -0.2) is 4.39 Å². The molecule has 0 saturated carbocycles. The average Bonchev–Trinajstić information content (AvgIpc) is 2.16. The molecule has 0 bridgehead atoms. The SMILES string of the molecule is C=C(C)C(C)(F)c1c(C)cccc1C(C)C. The highest BCUT2D eigenvalue weighted by molar-refractivity contribution is 5.44. The molecule has 1 rings (SSSR count). The van der Waals surface area contributed by atoms with Gasteiger partial charge in [-0.15, -0.1) is 0 Å². The van der Waals surface area contributed by atoms with E-state index in [1.807, 2.05) is 25.1 Å². The number of allylic oxidation sites excluding steroid dienone is 1. The second kappa shape index (κ2) is 4.40. The lowest BCUT2D eigenvalue weighted by atomic mass is 9.82. The molecule has 0 heterocycles. The van der Waals surface area contributed by atoms with E-state index >= 15 is 0 Å². The minimum Gasteiger partial charge on any atom is -0.234 e. The molecule has 0 fully saturated rings. The second-order valence-electron chi connectivity index (χ2n) is 4.98. The highest BCUT2D eigenvalue weighted by Gasteiger charge is 2.31. The van der Waals surface area contributed by atoms with Crippen molar-refractivity contribution < 1.29 is 4.39 Å². The first-order valence-corrected chi connectivity index (χ1v) is 5.73. The van der Waals surface area contributed by atoms with Crippen LogP contribution in [0.1, 0.15) is 50.3 Å². The molecule has 0 aromatic heterocycles. The Hall–Kier alpha value is -1.11. The van der Waals surface area contributed by atoms with Gasteiger partial charge in [0, 0.05) is 0 Å². The summed E-state index contributed by atoms with van der Waals surface area (Å²) in [6, 6.07) is 5.96. The zero-order valence-corrected chi connectivity index (χ0v) is 10.9. The molecular weight excluding hydrogens is 199 g/mol. The smallest absolute Gasteiger partial charge is 0.154 e. The molecule has 0 N–H and O–H groups in total. The summed E-state index contributed by atoms with van der Waals surface area (Å²) < 4.78 is 14.7. The van der Waals surface area contributed by atoms with Crippen LogP contribution >= 0.6 is 0 Å². The van der Waals surface area contributed by atoms with Gasteiger partial charge in [0.25, 0.3) is 0 Å². The predicted octanol–water partition coefficient (Wildman–Crippen LogP) is 4.88. The molecule has 0 aliphatic heterocycles. The van der Waals surface area contributed by atoms with Crippen LogP contribution in [0.25, 0.3) is 0 Å². The third kappa shape index (κ3) is 2.18. The fourth-order valence-electron chi connectivity index (χ4n) is 2.03. The van der Waals surface area contributed by atoms with E-state index in [0.717, 1.165) is 16.7 Å². The van der Waals surface area contributed by atoms with Gasteiger partial charge in [-0.1, -0.05) is 38.6 Å². The molecule has 1 heteroatoms. The largest absolute Gasteiger partial charge is 0.234 e. The Balaban J connectivity index is 3.47. The lowest BCUT2D eigenvalue weighted by molar-refractivity contribution is 0.242. The Morgan fingerprint density at radius 2 is 1.94 bits per heavy atom. The minimum absolute atomic E-state index is 0.323. The van der Waals surface area contributed by atoms with Crippen molar-refractivity contribution in [2.75, 3.05) is 0 Å². The number of benzene rings is 1. The van der Waals surface area contributed by atoms with Crippen molar-refractivity contribution in [3.8, 4) is 0 Å². The quantitative estimate of drug-likeness (QED) is 0.637. The van der Waals surface area contributed by atoms with Crippen molar-refractivity contribution in [1.82, 2.24) is 0 Å². The van der Waals surface area contributed by atoms with Crippen LogP contribution in [0, 0.1) is 6.92 Å². The summed E-state index contributed by atoms with van der Waals surface area (Å²) in [7, 11) is 0. The summed E-state index contributed by atoms with van der Waals surface area (Å²) in [5, 5.41) is 0. The molecule has 16 heavy (non-hydrogen) atoms. The van der Waals surface area contributed by atoms with E-state index in [-0.39, 0.29) is 0 Å². The minimum atomic E-state index is -1.44. The van der Waals surface area contributed by atoms with Gasteiger partial charge < -0.3 is 0 Å². The maximum absolute atomic E-state index is 14.7. The van der Waals surface area contributed by atoms with Crippen LogP contribution in [0.15, 0.2) is 30.4 Å². The van der Waals surface area contributed by atoms with Crippen LogP contribution in [-0.4, -0.2) is 0 Å². The molecule has 0 saturated heterocycles. The highest BCUT2D eigenvalue weighted by atomic mass is 19.1. The number of hydrogen-bond donors (Lipinski definition) is 0. The Morgan fingerprint density at radius 1 is 1.38 bits per heavy atom. The molecule has 88 valence electrons. The third-order valence-corrected chi connectivity index (χ3v) is 3.20. The van der Waals surface area contributed by atoms with Crippen LogP contribution in [-0.2, 0) is 5.67 Å². The molecular formula is C15H21F. The van der Waals surface area contributed by atoms with Gasteiger partial charge in [0.15, 0.2) is 5.67 Å². The average molecular weight is 220 g/mol. The van der Waals surface area contributed by atoms with Crippen molar-refractivity contribution >= 4 is 0 Å². The van der Waals surface area contributed by atoms with Crippen molar-refractivity contribution in [1.29, 1.82) is 0 Å². The standard InChI is InChI=1S/C15H21F/c1-10(2)13-9-7-8-12(5)14(13)15(6,16)11(3)4/h7-10H,3H2,1-2,4-6H3. The Labute approximate surface area is 98.2 Å². The highest BCUT2D eigenvalue weighted by Crippen LogP contribution is 2.39. The first-order chi connectivity index (χ1) is 7.28. The zero-order chi connectivity index (χ0) is 12.5. The van der Waals surface area contributed by atoms with E-state index in [4.69, 9.17) is 0 Å². The zero-order valence-electron chi connectivity index (χ0n) is 10.9. The molecule has 0 spiro atoms. The first kappa shape index (κ1) is 13.0. The van der Waals surface area contributed by atoms with E-state index in [1.54, 1.807) is 13.8 Å². The molecule has 1 atom stereocenters. The molecule has 1 aromatic rings. The maximum Gasteiger partial charge on any atom is 0.154 e. The Kier molecular flexibility index (Phi) is 3.57. The number of rotatable bonds is 3. The lowest BCUT2D eigenvalue weighted by Crippen LogP contribution is -2.20. The summed E-state index contributed by atoms with van der Waals surface area (Å²) >= 11 is 0. The van der Waals surface area contributed by atoms with Crippen LogP contribution in [0.3, 0.4) is 0 Å². The lowest BCUT2D eigenvalue weighted by Gasteiger charge is -2.27. The molecule has 0 amide bonds. The number of hydrogen-bond acceptors (Lipinski definition) is 0. The number of aryl methyl sites for hydroxylation is 1. The van der Waals surface area contributed by atoms with Gasteiger partial charge in [0.1, 0.15) is 0 Å². The van der Waals surface area contributed by atoms with Gasteiger partial charge in [0.05, 0.1) is 0 Å². The number of alkyl halides is 1. The Morgan fingerprint density at radius 3 is 2.38 bits per heavy atom. The van der Waals surface area contributed by atoms with E-state index < -0.39 is 5.67 Å². The summed E-state index contributed by atoms with van der Waals surface area (Å²) in [6.07, 6.45) is 0. The molecule has 0 aliphatic rings. The molecule has 1 unspecified atom stereocenters. The van der Waals surface area contributed by atoms with E-state index in [2.05, 4.69) is 20.4 Å². The van der Waals surface area contributed by atoms with E-state index in [9.17, 15) is 4.39 Å². The van der Waals surface area contributed by atoms with Crippen LogP contribution < -0.4 is 0 Å². The van der Waals surface area contributed by atoms with Gasteiger partial charge in [-0.05, 0) is 49.0 Å². The van der Waals surface area contributed by atoms with E-state index in [0.29, 0.717) is 11.5 Å². The Bertz CT molecular complexity index is 400. The van der Waals surface area contributed by atoms with Crippen molar-refractivity contribution in [2.24, 2.45) is 0 Å². The van der Waals surface area contributed by atoms with Crippen LogP contribution in [0.4, 0.5) is 4.39 Å². The summed E-state index contributed by atoms with van der Waals surface area (Å²) in [4.78, 5) is 0. The molecule has 0 radical (unpaired) electrons. The monoisotopic (exact) mass is 220 g/mol. The van der Waals surface area contributed by atoms with Crippen LogP contribution in [0.2, 0.25) is 0 Å². The fourth-order valence-corrected chi connectivity index (χ4v) is 2.03. The third-order valence-electron chi connectivity index (χ3n) is 3.20. The van der Waals surface area contributed by atoms with Crippen molar-refractivity contribution in [3.05, 3.63) is 47.0 Å². The van der Waals surface area contributed by atoms with Gasteiger partial charge in [-0.2, -0.15) is 0 Å². The summed E-state index contributed by atoms with van der Waals surface area (Å²) in [5.41, 5.74) is 1.98. The van der Waals surface area contributed by atoms with Gasteiger partial charge in [0.2, 0.25) is 0 Å². The van der Waals surface area contributed by atoms with Gasteiger partial charge >= 0.3 is 0 Å². The van der Waals surface area contributed by atoms with E-state index in [1.165, 1.54) is 0 Å². The maximum atomic E-state index is 14.7. The number of halogens is 1. The summed E-state index contributed by atoms with van der Waals surface area (Å²) in [6.45, 7) is 13.3. The second-order valence-corrected chi connectivity index (χ2v) is 4.98. The topological polar surface area (TPSA) is 0 Å². The van der Waals surface area contributed by atoms with Crippen LogP contribution in [0.5, 0.6) is 0 Å². The first-order valence-electron chi connectivity index (χ1n) is 5.73.